The summed E-state index contributed by atoms with van der Waals surface area (Å²) < 4.78 is 5.94. The van der Waals surface area contributed by atoms with Crippen LogP contribution in [0.15, 0.2) is 36.5 Å². The van der Waals surface area contributed by atoms with Crippen LogP contribution in [0.5, 0.6) is 0 Å². The van der Waals surface area contributed by atoms with Crippen molar-refractivity contribution >= 4 is 11.9 Å². The molecule has 0 bridgehead atoms. The quantitative estimate of drug-likeness (QED) is 0.0321. The minimum Gasteiger partial charge on any atom is -0.462 e. The van der Waals surface area contributed by atoms with Gasteiger partial charge in [0.2, 0.25) is 5.91 Å². The summed E-state index contributed by atoms with van der Waals surface area (Å²) in [5.74, 6) is -0.496. The number of esters is 1. The van der Waals surface area contributed by atoms with E-state index in [0.29, 0.717) is 19.3 Å². The molecule has 0 aliphatic rings. The molecule has 0 saturated carbocycles. The van der Waals surface area contributed by atoms with E-state index in [1.165, 1.54) is 186 Å². The Morgan fingerprint density at radius 3 is 1.20 bits per heavy atom. The van der Waals surface area contributed by atoms with Gasteiger partial charge in [0.05, 0.1) is 25.2 Å². The van der Waals surface area contributed by atoms with Crippen molar-refractivity contribution in [2.24, 2.45) is 0 Å². The fourth-order valence-corrected chi connectivity index (χ4v) is 8.85. The van der Waals surface area contributed by atoms with E-state index < -0.39 is 18.2 Å². The molecule has 382 valence electrons. The molecule has 0 aromatic carbocycles. The first kappa shape index (κ1) is 63.1. The summed E-state index contributed by atoms with van der Waals surface area (Å²) in [6, 6.07) is -0.711. The van der Waals surface area contributed by atoms with E-state index in [2.05, 4.69) is 62.5 Å². The second kappa shape index (κ2) is 53.0. The Labute approximate surface area is 404 Å². The van der Waals surface area contributed by atoms with Crippen molar-refractivity contribution in [1.82, 2.24) is 5.32 Å². The minimum absolute atomic E-state index is 0.0561. The molecule has 0 fully saturated rings. The highest BCUT2D eigenvalue weighted by Crippen LogP contribution is 2.18. The third-order valence-electron chi connectivity index (χ3n) is 13.2. The summed E-state index contributed by atoms with van der Waals surface area (Å²) in [5, 5.41) is 23.8. The number of amides is 1. The number of carbonyl (C=O) groups excluding carboxylic acids is 2. The lowest BCUT2D eigenvalue weighted by atomic mass is 10.0. The Balaban J connectivity index is 4.57. The zero-order chi connectivity index (χ0) is 47.4. The molecule has 0 aliphatic carbocycles. The standard InChI is InChI=1S/C59H111NO5/c1-4-7-10-13-16-19-22-25-27-28-29-31-34-37-40-43-46-49-52-59(64)65-55(50-47-44-41-38-35-33-30-26-23-20-17-14-11-8-5-2)53-58(63)60-56(54-61)57(62)51-48-45-42-39-36-32-24-21-18-15-12-9-6-3/h17,20,26,30,35,38,55-57,61-62H,4-16,18-19,21-25,27-29,31-34,36-37,39-54H2,1-3H3,(H,60,63)/b20-17-,30-26-,38-35-. The molecule has 0 saturated heterocycles. The van der Waals surface area contributed by atoms with Crippen molar-refractivity contribution in [2.45, 2.75) is 322 Å². The zero-order valence-corrected chi connectivity index (χ0v) is 43.6. The molecule has 0 aromatic rings. The average Bonchev–Trinajstić information content (AvgIpc) is 3.30. The molecule has 0 aliphatic heterocycles. The number of rotatable bonds is 52. The van der Waals surface area contributed by atoms with Crippen LogP contribution in [0.25, 0.3) is 0 Å². The molecule has 3 unspecified atom stereocenters. The fourth-order valence-electron chi connectivity index (χ4n) is 8.85. The molecule has 1 amide bonds. The predicted octanol–water partition coefficient (Wildman–Crippen LogP) is 17.6. The van der Waals surface area contributed by atoms with Crippen LogP contribution in [0.4, 0.5) is 0 Å². The van der Waals surface area contributed by atoms with Crippen LogP contribution in [-0.4, -0.2) is 46.9 Å². The summed E-state index contributed by atoms with van der Waals surface area (Å²) in [6.07, 6.45) is 63.5. The third-order valence-corrected chi connectivity index (χ3v) is 13.2. The number of aliphatic hydroxyl groups is 2. The van der Waals surface area contributed by atoms with Gasteiger partial charge in [0.1, 0.15) is 6.10 Å². The van der Waals surface area contributed by atoms with Crippen LogP contribution in [0.3, 0.4) is 0 Å². The van der Waals surface area contributed by atoms with Gasteiger partial charge in [0.25, 0.3) is 0 Å². The summed E-state index contributed by atoms with van der Waals surface area (Å²) >= 11 is 0. The summed E-state index contributed by atoms with van der Waals surface area (Å²) in [7, 11) is 0. The first-order valence-electron chi connectivity index (χ1n) is 28.7. The van der Waals surface area contributed by atoms with Gasteiger partial charge in [0.15, 0.2) is 0 Å². The lowest BCUT2D eigenvalue weighted by molar-refractivity contribution is -0.151. The molecule has 0 spiro atoms. The number of hydrogen-bond acceptors (Lipinski definition) is 5. The highest BCUT2D eigenvalue weighted by atomic mass is 16.5. The zero-order valence-electron chi connectivity index (χ0n) is 43.6. The fraction of sp³-hybridized carbons (Fsp3) is 0.864. The van der Waals surface area contributed by atoms with Crippen molar-refractivity contribution < 1.29 is 24.5 Å². The number of hydrogen-bond donors (Lipinski definition) is 3. The maximum absolute atomic E-state index is 13.2. The molecule has 3 N–H and O–H groups in total. The molecule has 0 rings (SSSR count). The van der Waals surface area contributed by atoms with Gasteiger partial charge in [-0.3, -0.25) is 9.59 Å². The molecule has 6 heteroatoms. The van der Waals surface area contributed by atoms with E-state index in [-0.39, 0.29) is 24.9 Å². The first-order chi connectivity index (χ1) is 32.0. The summed E-state index contributed by atoms with van der Waals surface area (Å²) in [5.41, 5.74) is 0. The van der Waals surface area contributed by atoms with Gasteiger partial charge in [-0.1, -0.05) is 263 Å². The number of allylic oxidation sites excluding steroid dienone is 6. The van der Waals surface area contributed by atoms with E-state index in [4.69, 9.17) is 4.74 Å². The molecule has 65 heavy (non-hydrogen) atoms. The van der Waals surface area contributed by atoms with Gasteiger partial charge in [-0.05, 0) is 64.2 Å². The average molecular weight is 915 g/mol. The normalized spacial score (nSPS) is 13.4. The van der Waals surface area contributed by atoms with Crippen LogP contribution in [-0.2, 0) is 14.3 Å². The van der Waals surface area contributed by atoms with Crippen LogP contribution in [0, 0.1) is 0 Å². The van der Waals surface area contributed by atoms with Crippen LogP contribution in [0.1, 0.15) is 303 Å². The van der Waals surface area contributed by atoms with E-state index >= 15 is 0 Å². The Bertz CT molecular complexity index is 1070. The second-order valence-corrected chi connectivity index (χ2v) is 19.7. The SMILES string of the molecule is CCCCC/C=C\C/C=C\C/C=C\CCCCC(CC(=O)NC(CO)C(O)CCCCCCCCCCCCCCC)OC(=O)CCCCCCCCCCCCCCCCCCCC. The molecule has 6 nitrogen and oxygen atoms in total. The van der Waals surface area contributed by atoms with E-state index in [9.17, 15) is 19.8 Å². The monoisotopic (exact) mass is 914 g/mol. The maximum atomic E-state index is 13.2. The van der Waals surface area contributed by atoms with Crippen molar-refractivity contribution in [3.63, 3.8) is 0 Å². The van der Waals surface area contributed by atoms with Gasteiger partial charge < -0.3 is 20.3 Å². The molecular formula is C59H111NO5. The smallest absolute Gasteiger partial charge is 0.306 e. The van der Waals surface area contributed by atoms with E-state index in [1.54, 1.807) is 0 Å². The van der Waals surface area contributed by atoms with Gasteiger partial charge in [-0.2, -0.15) is 0 Å². The van der Waals surface area contributed by atoms with Crippen molar-refractivity contribution in [2.75, 3.05) is 6.61 Å². The van der Waals surface area contributed by atoms with Gasteiger partial charge in [-0.25, -0.2) is 0 Å². The molecule has 0 heterocycles. The number of nitrogens with one attached hydrogen (secondary N) is 1. The van der Waals surface area contributed by atoms with Gasteiger partial charge in [-0.15, -0.1) is 0 Å². The largest absolute Gasteiger partial charge is 0.462 e. The lowest BCUT2D eigenvalue weighted by Crippen LogP contribution is -2.46. The lowest BCUT2D eigenvalue weighted by Gasteiger charge is -2.24. The number of ether oxygens (including phenoxy) is 1. The Morgan fingerprint density at radius 1 is 0.446 bits per heavy atom. The van der Waals surface area contributed by atoms with Crippen LogP contribution >= 0.6 is 0 Å². The van der Waals surface area contributed by atoms with Crippen molar-refractivity contribution in [3.05, 3.63) is 36.5 Å². The van der Waals surface area contributed by atoms with Crippen molar-refractivity contribution in [3.8, 4) is 0 Å². The van der Waals surface area contributed by atoms with E-state index in [0.717, 1.165) is 70.6 Å². The predicted molar refractivity (Wildman–Crippen MR) is 282 cm³/mol. The molecular weight excluding hydrogens is 803 g/mol. The van der Waals surface area contributed by atoms with Gasteiger partial charge >= 0.3 is 5.97 Å². The molecule has 3 atom stereocenters. The summed E-state index contributed by atoms with van der Waals surface area (Å²) in [4.78, 5) is 26.2. The van der Waals surface area contributed by atoms with Crippen molar-refractivity contribution in [1.29, 1.82) is 0 Å². The first-order valence-corrected chi connectivity index (χ1v) is 28.7. The molecule has 0 radical (unpaired) electrons. The molecule has 0 aromatic heterocycles. The highest BCUT2D eigenvalue weighted by molar-refractivity contribution is 5.77. The number of unbranched alkanes of at least 4 members (excludes halogenated alkanes) is 34. The van der Waals surface area contributed by atoms with E-state index in [1.807, 2.05) is 0 Å². The van der Waals surface area contributed by atoms with Crippen LogP contribution < -0.4 is 5.32 Å². The number of carbonyl (C=O) groups is 2. The van der Waals surface area contributed by atoms with Crippen LogP contribution in [0.2, 0.25) is 0 Å². The Hall–Kier alpha value is -1.92. The minimum atomic E-state index is -0.796. The Kier molecular flexibility index (Phi) is 51.5. The maximum Gasteiger partial charge on any atom is 0.306 e. The number of aliphatic hydroxyl groups excluding tert-OH is 2. The van der Waals surface area contributed by atoms with Gasteiger partial charge in [0, 0.05) is 6.42 Å². The summed E-state index contributed by atoms with van der Waals surface area (Å²) in [6.45, 7) is 6.48. The topological polar surface area (TPSA) is 95.9 Å². The highest BCUT2D eigenvalue weighted by Gasteiger charge is 2.24. The Morgan fingerprint density at radius 2 is 0.785 bits per heavy atom. The third kappa shape index (κ3) is 48.3. The second-order valence-electron chi connectivity index (χ2n) is 19.7.